The molecule has 0 amide bonds. The summed E-state index contributed by atoms with van der Waals surface area (Å²) in [6, 6.07) is 0. The lowest BCUT2D eigenvalue weighted by atomic mass is 9.89. The Morgan fingerprint density at radius 3 is 1.45 bits per heavy atom. The molecule has 0 aromatic rings. The SMILES string of the molecule is CCCCCCC(CCCCCC)CCC(F)(F)C(F)(F)F. The molecule has 0 spiro atoms. The minimum absolute atomic E-state index is 0.00179. The van der Waals surface area contributed by atoms with Crippen LogP contribution < -0.4 is 0 Å². The third kappa shape index (κ3) is 9.62. The van der Waals surface area contributed by atoms with E-state index in [1.165, 1.54) is 0 Å². The van der Waals surface area contributed by atoms with Gasteiger partial charge in [-0.3, -0.25) is 0 Å². The summed E-state index contributed by atoms with van der Waals surface area (Å²) >= 11 is 0. The molecular formula is C17H31F5. The summed E-state index contributed by atoms with van der Waals surface area (Å²) in [7, 11) is 0. The van der Waals surface area contributed by atoms with Crippen LogP contribution in [0.15, 0.2) is 0 Å². The third-order valence-corrected chi connectivity index (χ3v) is 4.21. The molecule has 5 heteroatoms. The van der Waals surface area contributed by atoms with Crippen molar-refractivity contribution in [1.29, 1.82) is 0 Å². The van der Waals surface area contributed by atoms with E-state index in [0.717, 1.165) is 64.2 Å². The van der Waals surface area contributed by atoms with E-state index in [2.05, 4.69) is 13.8 Å². The quantitative estimate of drug-likeness (QED) is 0.242. The van der Waals surface area contributed by atoms with E-state index < -0.39 is 18.5 Å². The summed E-state index contributed by atoms with van der Waals surface area (Å²) < 4.78 is 62.8. The molecule has 0 rings (SSSR count). The van der Waals surface area contributed by atoms with Gasteiger partial charge in [0, 0.05) is 6.42 Å². The minimum Gasteiger partial charge on any atom is -0.196 e. The first-order valence-corrected chi connectivity index (χ1v) is 8.69. The highest BCUT2D eigenvalue weighted by Gasteiger charge is 2.56. The van der Waals surface area contributed by atoms with Crippen LogP contribution in [0.1, 0.15) is 90.9 Å². The maximum absolute atomic E-state index is 13.1. The monoisotopic (exact) mass is 330 g/mol. The Bertz CT molecular complexity index is 248. The Labute approximate surface area is 131 Å². The molecule has 0 saturated carbocycles. The van der Waals surface area contributed by atoms with Gasteiger partial charge in [0.2, 0.25) is 0 Å². The van der Waals surface area contributed by atoms with Crippen LogP contribution in [0, 0.1) is 5.92 Å². The predicted octanol–water partition coefficient (Wildman–Crippen LogP) is 7.52. The number of hydrogen-bond acceptors (Lipinski definition) is 0. The van der Waals surface area contributed by atoms with E-state index in [1.54, 1.807) is 0 Å². The van der Waals surface area contributed by atoms with Crippen molar-refractivity contribution in [2.24, 2.45) is 5.92 Å². The highest BCUT2D eigenvalue weighted by atomic mass is 19.4. The summed E-state index contributed by atoms with van der Waals surface area (Å²) in [5, 5.41) is 0. The van der Waals surface area contributed by atoms with Crippen molar-refractivity contribution < 1.29 is 22.0 Å². The second-order valence-electron chi connectivity index (χ2n) is 6.31. The van der Waals surface area contributed by atoms with Gasteiger partial charge in [0.25, 0.3) is 0 Å². The molecule has 0 aliphatic rings. The van der Waals surface area contributed by atoms with Crippen LogP contribution in [0.5, 0.6) is 0 Å². The van der Waals surface area contributed by atoms with E-state index >= 15 is 0 Å². The molecule has 0 fully saturated rings. The van der Waals surface area contributed by atoms with Gasteiger partial charge in [0.05, 0.1) is 0 Å². The second-order valence-corrected chi connectivity index (χ2v) is 6.31. The van der Waals surface area contributed by atoms with Crippen LogP contribution in [-0.4, -0.2) is 12.1 Å². The topological polar surface area (TPSA) is 0 Å². The standard InChI is InChI=1S/C17H31F5/c1-3-5-7-9-11-15(12-10-8-6-4-2)13-14-16(18,19)17(20,21)22/h15H,3-14H2,1-2H3. The van der Waals surface area contributed by atoms with Crippen LogP contribution in [0.2, 0.25) is 0 Å². The van der Waals surface area contributed by atoms with Crippen molar-refractivity contribution in [3.63, 3.8) is 0 Å². The molecule has 0 bridgehead atoms. The molecule has 0 heterocycles. The van der Waals surface area contributed by atoms with Gasteiger partial charge >= 0.3 is 12.1 Å². The first kappa shape index (κ1) is 21.6. The highest BCUT2D eigenvalue weighted by Crippen LogP contribution is 2.40. The fraction of sp³-hybridized carbons (Fsp3) is 1.00. The second kappa shape index (κ2) is 11.2. The molecule has 0 aliphatic heterocycles. The predicted molar refractivity (Wildman–Crippen MR) is 81.2 cm³/mol. The summed E-state index contributed by atoms with van der Waals surface area (Å²) in [5.74, 6) is -4.54. The smallest absolute Gasteiger partial charge is 0.196 e. The summed E-state index contributed by atoms with van der Waals surface area (Å²) in [6.45, 7) is 4.18. The lowest BCUT2D eigenvalue weighted by Crippen LogP contribution is -2.36. The Balaban J connectivity index is 4.25. The van der Waals surface area contributed by atoms with Crippen molar-refractivity contribution in [3.05, 3.63) is 0 Å². The van der Waals surface area contributed by atoms with E-state index in [-0.39, 0.29) is 12.3 Å². The van der Waals surface area contributed by atoms with Crippen molar-refractivity contribution in [1.82, 2.24) is 0 Å². The maximum Gasteiger partial charge on any atom is 0.453 e. The summed E-state index contributed by atoms with van der Waals surface area (Å²) in [6.07, 6.45) is 3.38. The molecule has 0 N–H and O–H groups in total. The van der Waals surface area contributed by atoms with E-state index in [1.807, 2.05) is 0 Å². The van der Waals surface area contributed by atoms with Crippen LogP contribution in [-0.2, 0) is 0 Å². The van der Waals surface area contributed by atoms with Crippen molar-refractivity contribution in [3.8, 4) is 0 Å². The van der Waals surface area contributed by atoms with Crippen LogP contribution in [0.4, 0.5) is 22.0 Å². The zero-order chi connectivity index (χ0) is 17.1. The molecule has 22 heavy (non-hydrogen) atoms. The molecule has 134 valence electrons. The van der Waals surface area contributed by atoms with Gasteiger partial charge in [-0.1, -0.05) is 78.1 Å². The fourth-order valence-corrected chi connectivity index (χ4v) is 2.68. The lowest BCUT2D eigenvalue weighted by Gasteiger charge is -2.23. The minimum atomic E-state index is -5.41. The molecule has 0 aromatic heterocycles. The summed E-state index contributed by atoms with van der Waals surface area (Å²) in [5.41, 5.74) is 0. The van der Waals surface area contributed by atoms with Gasteiger partial charge in [-0.05, 0) is 12.3 Å². The van der Waals surface area contributed by atoms with Crippen LogP contribution >= 0.6 is 0 Å². The zero-order valence-electron chi connectivity index (χ0n) is 14.0. The van der Waals surface area contributed by atoms with Crippen LogP contribution in [0.3, 0.4) is 0 Å². The highest BCUT2D eigenvalue weighted by molar-refractivity contribution is 4.77. The van der Waals surface area contributed by atoms with Crippen LogP contribution in [0.25, 0.3) is 0 Å². The van der Waals surface area contributed by atoms with Crippen molar-refractivity contribution >= 4 is 0 Å². The number of unbranched alkanes of at least 4 members (excludes halogenated alkanes) is 6. The number of hydrogen-bond donors (Lipinski definition) is 0. The van der Waals surface area contributed by atoms with Gasteiger partial charge in [0.15, 0.2) is 0 Å². The molecule has 0 saturated heterocycles. The molecule has 0 unspecified atom stereocenters. The van der Waals surface area contributed by atoms with E-state index in [0.29, 0.717) is 0 Å². The fourth-order valence-electron chi connectivity index (χ4n) is 2.68. The third-order valence-electron chi connectivity index (χ3n) is 4.21. The Morgan fingerprint density at radius 1 is 0.636 bits per heavy atom. The maximum atomic E-state index is 13.1. The van der Waals surface area contributed by atoms with Gasteiger partial charge in [-0.15, -0.1) is 0 Å². The normalized spacial score (nSPS) is 13.1. The average Bonchev–Trinajstić information content (AvgIpc) is 2.43. The largest absolute Gasteiger partial charge is 0.453 e. The Hall–Kier alpha value is -0.350. The first-order valence-electron chi connectivity index (χ1n) is 8.69. The molecule has 0 aromatic carbocycles. The van der Waals surface area contributed by atoms with Gasteiger partial charge in [-0.2, -0.15) is 22.0 Å². The lowest BCUT2D eigenvalue weighted by molar-refractivity contribution is -0.285. The molecule has 0 atom stereocenters. The number of alkyl halides is 5. The van der Waals surface area contributed by atoms with Crippen molar-refractivity contribution in [2.45, 2.75) is 103 Å². The molecular weight excluding hydrogens is 299 g/mol. The molecule has 0 radical (unpaired) electrons. The number of rotatable bonds is 13. The zero-order valence-corrected chi connectivity index (χ0v) is 14.0. The van der Waals surface area contributed by atoms with Gasteiger partial charge < -0.3 is 0 Å². The van der Waals surface area contributed by atoms with E-state index in [9.17, 15) is 22.0 Å². The Kier molecular flexibility index (Phi) is 11.0. The van der Waals surface area contributed by atoms with Gasteiger partial charge in [0.1, 0.15) is 0 Å². The number of halogens is 5. The van der Waals surface area contributed by atoms with E-state index in [4.69, 9.17) is 0 Å². The Morgan fingerprint density at radius 2 is 1.09 bits per heavy atom. The summed E-state index contributed by atoms with van der Waals surface area (Å²) in [4.78, 5) is 0. The average molecular weight is 330 g/mol. The van der Waals surface area contributed by atoms with Crippen molar-refractivity contribution in [2.75, 3.05) is 0 Å². The molecule has 0 nitrogen and oxygen atoms in total. The van der Waals surface area contributed by atoms with Gasteiger partial charge in [-0.25, -0.2) is 0 Å². The molecule has 0 aliphatic carbocycles. The first-order chi connectivity index (χ1) is 10.2.